The SMILES string of the molecule is c1cncc(-c2cccc(-n3cnc4cc(C5CC5)ccc43)c2)c1. The summed E-state index contributed by atoms with van der Waals surface area (Å²) in [6.45, 7) is 0. The van der Waals surface area contributed by atoms with E-state index in [1.54, 1.807) is 6.20 Å². The fourth-order valence-corrected chi connectivity index (χ4v) is 3.27. The van der Waals surface area contributed by atoms with Crippen molar-refractivity contribution in [3.8, 4) is 16.8 Å². The summed E-state index contributed by atoms with van der Waals surface area (Å²) in [5.74, 6) is 0.758. The zero-order valence-electron chi connectivity index (χ0n) is 13.3. The first-order valence-electron chi connectivity index (χ1n) is 8.36. The summed E-state index contributed by atoms with van der Waals surface area (Å²) in [6.07, 6.45) is 8.25. The van der Waals surface area contributed by atoms with E-state index in [9.17, 15) is 0 Å². The van der Waals surface area contributed by atoms with Crippen LogP contribution < -0.4 is 0 Å². The molecule has 0 N–H and O–H groups in total. The Morgan fingerprint density at radius 1 is 0.917 bits per heavy atom. The van der Waals surface area contributed by atoms with Gasteiger partial charge >= 0.3 is 0 Å². The first-order chi connectivity index (χ1) is 11.9. The van der Waals surface area contributed by atoms with Crippen LogP contribution in [0.2, 0.25) is 0 Å². The minimum absolute atomic E-state index is 0.758. The lowest BCUT2D eigenvalue weighted by atomic mass is 10.1. The molecule has 5 rings (SSSR count). The van der Waals surface area contributed by atoms with Crippen LogP contribution >= 0.6 is 0 Å². The van der Waals surface area contributed by atoms with Crippen molar-refractivity contribution in [2.75, 3.05) is 0 Å². The Balaban J connectivity index is 1.60. The molecule has 2 aromatic carbocycles. The highest BCUT2D eigenvalue weighted by Crippen LogP contribution is 2.40. The number of fused-ring (bicyclic) bond motifs is 1. The average Bonchev–Trinajstić information content (AvgIpc) is 3.42. The highest BCUT2D eigenvalue weighted by atomic mass is 15.0. The number of hydrogen-bond acceptors (Lipinski definition) is 2. The van der Waals surface area contributed by atoms with Gasteiger partial charge in [-0.05, 0) is 60.2 Å². The molecule has 0 spiro atoms. The zero-order chi connectivity index (χ0) is 15.9. The third kappa shape index (κ3) is 2.29. The Morgan fingerprint density at radius 3 is 2.67 bits per heavy atom. The molecule has 1 saturated carbocycles. The second-order valence-corrected chi connectivity index (χ2v) is 6.43. The lowest BCUT2D eigenvalue weighted by Gasteiger charge is -2.08. The molecule has 4 aromatic rings. The van der Waals surface area contributed by atoms with Gasteiger partial charge in [0.25, 0.3) is 0 Å². The minimum Gasteiger partial charge on any atom is -0.299 e. The van der Waals surface area contributed by atoms with Gasteiger partial charge in [0.1, 0.15) is 6.33 Å². The number of pyridine rings is 1. The van der Waals surface area contributed by atoms with Crippen LogP contribution in [0.1, 0.15) is 24.3 Å². The molecule has 0 amide bonds. The van der Waals surface area contributed by atoms with E-state index in [1.807, 2.05) is 18.6 Å². The molecule has 116 valence electrons. The second-order valence-electron chi connectivity index (χ2n) is 6.43. The summed E-state index contributed by atoms with van der Waals surface area (Å²) in [6, 6.07) is 19.3. The van der Waals surface area contributed by atoms with Gasteiger partial charge in [0, 0.05) is 23.6 Å². The zero-order valence-corrected chi connectivity index (χ0v) is 13.3. The molecule has 1 aliphatic rings. The largest absolute Gasteiger partial charge is 0.299 e. The van der Waals surface area contributed by atoms with Crippen LogP contribution in [0.15, 0.2) is 73.3 Å². The van der Waals surface area contributed by atoms with E-state index < -0.39 is 0 Å². The van der Waals surface area contributed by atoms with Crippen LogP contribution in [0, 0.1) is 0 Å². The van der Waals surface area contributed by atoms with Crippen molar-refractivity contribution >= 4 is 11.0 Å². The standard InChI is InChI=1S/C21H17N3/c1-3-16(18-4-2-10-22-13-18)11-19(5-1)24-14-23-20-12-17(15-6-7-15)8-9-21(20)24/h1-5,8-15H,6-7H2. The molecule has 0 unspecified atom stereocenters. The smallest absolute Gasteiger partial charge is 0.100 e. The minimum atomic E-state index is 0.758. The average molecular weight is 311 g/mol. The highest BCUT2D eigenvalue weighted by molar-refractivity contribution is 5.79. The summed E-state index contributed by atoms with van der Waals surface area (Å²) in [4.78, 5) is 8.84. The van der Waals surface area contributed by atoms with Gasteiger partial charge in [-0.2, -0.15) is 0 Å². The Bertz CT molecular complexity index is 1010. The Kier molecular flexibility index (Phi) is 2.98. The normalized spacial score (nSPS) is 14.2. The molecule has 0 saturated heterocycles. The maximum atomic E-state index is 4.62. The third-order valence-corrected chi connectivity index (χ3v) is 4.74. The quantitative estimate of drug-likeness (QED) is 0.535. The summed E-state index contributed by atoms with van der Waals surface area (Å²) in [7, 11) is 0. The maximum Gasteiger partial charge on any atom is 0.100 e. The van der Waals surface area contributed by atoms with Crippen LogP contribution in [0.25, 0.3) is 27.8 Å². The number of rotatable bonds is 3. The van der Waals surface area contributed by atoms with Gasteiger partial charge in [-0.3, -0.25) is 9.55 Å². The van der Waals surface area contributed by atoms with Crippen molar-refractivity contribution in [2.45, 2.75) is 18.8 Å². The molecule has 0 aliphatic heterocycles. The number of aromatic nitrogens is 3. The number of hydrogen-bond donors (Lipinski definition) is 0. The maximum absolute atomic E-state index is 4.62. The Labute approximate surface area is 140 Å². The van der Waals surface area contributed by atoms with E-state index in [0.717, 1.165) is 33.8 Å². The summed E-state index contributed by atoms with van der Waals surface area (Å²) < 4.78 is 2.16. The van der Waals surface area contributed by atoms with Gasteiger partial charge < -0.3 is 0 Å². The highest BCUT2D eigenvalue weighted by Gasteiger charge is 2.23. The summed E-state index contributed by atoms with van der Waals surface area (Å²) in [5.41, 5.74) is 7.07. The lowest BCUT2D eigenvalue weighted by molar-refractivity contribution is 1.09. The van der Waals surface area contributed by atoms with Crippen LogP contribution in [0.4, 0.5) is 0 Å². The van der Waals surface area contributed by atoms with Crippen LogP contribution in [-0.4, -0.2) is 14.5 Å². The van der Waals surface area contributed by atoms with Crippen LogP contribution in [-0.2, 0) is 0 Å². The Hall–Kier alpha value is -2.94. The van der Waals surface area contributed by atoms with E-state index in [4.69, 9.17) is 0 Å². The van der Waals surface area contributed by atoms with Gasteiger partial charge in [0.05, 0.1) is 11.0 Å². The van der Waals surface area contributed by atoms with Gasteiger partial charge in [0.15, 0.2) is 0 Å². The molecule has 24 heavy (non-hydrogen) atoms. The van der Waals surface area contributed by atoms with Crippen molar-refractivity contribution in [3.63, 3.8) is 0 Å². The number of benzene rings is 2. The first-order valence-corrected chi connectivity index (χ1v) is 8.36. The van der Waals surface area contributed by atoms with Gasteiger partial charge in [-0.15, -0.1) is 0 Å². The number of nitrogens with zero attached hydrogens (tertiary/aromatic N) is 3. The van der Waals surface area contributed by atoms with Crippen molar-refractivity contribution < 1.29 is 0 Å². The number of imidazole rings is 1. The fourth-order valence-electron chi connectivity index (χ4n) is 3.27. The van der Waals surface area contributed by atoms with Crippen molar-refractivity contribution in [1.82, 2.24) is 14.5 Å². The predicted octanol–water partition coefficient (Wildman–Crippen LogP) is 4.96. The van der Waals surface area contributed by atoms with Crippen molar-refractivity contribution in [1.29, 1.82) is 0 Å². The monoisotopic (exact) mass is 311 g/mol. The predicted molar refractivity (Wildman–Crippen MR) is 96.3 cm³/mol. The van der Waals surface area contributed by atoms with Crippen molar-refractivity contribution in [3.05, 3.63) is 78.9 Å². The molecule has 1 fully saturated rings. The van der Waals surface area contributed by atoms with Gasteiger partial charge in [0.2, 0.25) is 0 Å². The molecule has 0 bridgehead atoms. The fraction of sp³-hybridized carbons (Fsp3) is 0.143. The van der Waals surface area contributed by atoms with Crippen molar-refractivity contribution in [2.24, 2.45) is 0 Å². The van der Waals surface area contributed by atoms with Gasteiger partial charge in [-0.1, -0.05) is 24.3 Å². The van der Waals surface area contributed by atoms with E-state index in [-0.39, 0.29) is 0 Å². The molecule has 0 atom stereocenters. The molecule has 3 nitrogen and oxygen atoms in total. The van der Waals surface area contributed by atoms with Crippen LogP contribution in [0.3, 0.4) is 0 Å². The van der Waals surface area contributed by atoms with E-state index in [1.165, 1.54) is 18.4 Å². The van der Waals surface area contributed by atoms with Crippen LogP contribution in [0.5, 0.6) is 0 Å². The third-order valence-electron chi connectivity index (χ3n) is 4.74. The molecule has 3 heteroatoms. The molecule has 2 aromatic heterocycles. The van der Waals surface area contributed by atoms with E-state index in [2.05, 4.69) is 63.1 Å². The first kappa shape index (κ1) is 13.5. The van der Waals surface area contributed by atoms with E-state index in [0.29, 0.717) is 0 Å². The van der Waals surface area contributed by atoms with Gasteiger partial charge in [-0.25, -0.2) is 4.98 Å². The second kappa shape index (κ2) is 5.31. The molecular weight excluding hydrogens is 294 g/mol. The molecule has 0 radical (unpaired) electrons. The molecular formula is C21H17N3. The summed E-state index contributed by atoms with van der Waals surface area (Å²) in [5, 5.41) is 0. The molecule has 2 heterocycles. The Morgan fingerprint density at radius 2 is 1.83 bits per heavy atom. The topological polar surface area (TPSA) is 30.7 Å². The lowest BCUT2D eigenvalue weighted by Crippen LogP contribution is -1.92. The molecule has 1 aliphatic carbocycles. The van der Waals surface area contributed by atoms with E-state index >= 15 is 0 Å². The summed E-state index contributed by atoms with van der Waals surface area (Å²) >= 11 is 0.